The number of nitrogens with two attached hydrogens (primary N) is 1. The zero-order valence-corrected chi connectivity index (χ0v) is 14.1. The predicted octanol–water partition coefficient (Wildman–Crippen LogP) is 2.27. The van der Waals surface area contributed by atoms with Crippen molar-refractivity contribution in [3.8, 4) is 0 Å². The molecule has 0 heterocycles. The standard InChI is InChI=1S/C17H33N3O/c1-14-8-7-11-17(18,12-14)15(21)19-13-16(20(2)3)9-5-4-6-10-16/h14H,4-13,18H2,1-3H3,(H,19,21). The maximum absolute atomic E-state index is 12.6. The Morgan fingerprint density at radius 2 is 1.86 bits per heavy atom. The third-order valence-electron chi connectivity index (χ3n) is 5.80. The van der Waals surface area contributed by atoms with Crippen molar-refractivity contribution in [2.45, 2.75) is 75.8 Å². The van der Waals surface area contributed by atoms with Crippen LogP contribution in [0.25, 0.3) is 0 Å². The van der Waals surface area contributed by atoms with Crippen molar-refractivity contribution >= 4 is 5.91 Å². The molecular formula is C17H33N3O. The predicted molar refractivity (Wildman–Crippen MR) is 87.1 cm³/mol. The van der Waals surface area contributed by atoms with Crippen LogP contribution >= 0.6 is 0 Å². The molecule has 2 fully saturated rings. The summed E-state index contributed by atoms with van der Waals surface area (Å²) in [5.41, 5.74) is 5.89. The van der Waals surface area contributed by atoms with Gasteiger partial charge in [-0.3, -0.25) is 4.79 Å². The van der Waals surface area contributed by atoms with Gasteiger partial charge < -0.3 is 16.0 Å². The highest BCUT2D eigenvalue weighted by atomic mass is 16.2. The molecule has 0 aromatic heterocycles. The number of amides is 1. The number of carbonyl (C=O) groups is 1. The first-order valence-corrected chi connectivity index (χ1v) is 8.63. The first kappa shape index (κ1) is 16.8. The Kier molecular flexibility index (Phi) is 5.31. The minimum atomic E-state index is -0.639. The summed E-state index contributed by atoms with van der Waals surface area (Å²) in [7, 11) is 4.27. The molecule has 3 N–H and O–H groups in total. The van der Waals surface area contributed by atoms with Crippen LogP contribution in [0.4, 0.5) is 0 Å². The summed E-state index contributed by atoms with van der Waals surface area (Å²) in [6.07, 6.45) is 10.1. The van der Waals surface area contributed by atoms with E-state index in [2.05, 4.69) is 31.2 Å². The molecule has 0 radical (unpaired) electrons. The summed E-state index contributed by atoms with van der Waals surface area (Å²) < 4.78 is 0. The number of hydrogen-bond acceptors (Lipinski definition) is 3. The molecule has 0 bridgehead atoms. The Labute approximate surface area is 129 Å². The van der Waals surface area contributed by atoms with Gasteiger partial charge in [0.1, 0.15) is 0 Å². The Bertz CT molecular complexity index is 363. The summed E-state index contributed by atoms with van der Waals surface area (Å²) >= 11 is 0. The molecule has 2 rings (SSSR count). The summed E-state index contributed by atoms with van der Waals surface area (Å²) in [4.78, 5) is 14.9. The van der Waals surface area contributed by atoms with Gasteiger partial charge in [-0.25, -0.2) is 0 Å². The molecule has 0 aromatic rings. The highest BCUT2D eigenvalue weighted by molar-refractivity contribution is 5.86. The van der Waals surface area contributed by atoms with E-state index in [-0.39, 0.29) is 11.4 Å². The zero-order chi connectivity index (χ0) is 15.5. The number of nitrogens with zero attached hydrogens (tertiary/aromatic N) is 1. The Morgan fingerprint density at radius 3 is 2.43 bits per heavy atom. The lowest BCUT2D eigenvalue weighted by atomic mass is 9.76. The average Bonchev–Trinajstić information content (AvgIpc) is 2.45. The van der Waals surface area contributed by atoms with Crippen LogP contribution in [0.5, 0.6) is 0 Å². The molecular weight excluding hydrogens is 262 g/mol. The SMILES string of the molecule is CC1CCCC(N)(C(=O)NCC2(N(C)C)CCCCC2)C1. The van der Waals surface area contributed by atoms with E-state index in [9.17, 15) is 4.79 Å². The molecule has 2 unspecified atom stereocenters. The van der Waals surface area contributed by atoms with Crippen LogP contribution in [0.3, 0.4) is 0 Å². The molecule has 0 spiro atoms. The van der Waals surface area contributed by atoms with Crippen molar-refractivity contribution in [2.24, 2.45) is 11.7 Å². The first-order chi connectivity index (χ1) is 9.88. The topological polar surface area (TPSA) is 58.4 Å². The first-order valence-electron chi connectivity index (χ1n) is 8.63. The van der Waals surface area contributed by atoms with E-state index in [0.717, 1.165) is 25.8 Å². The number of rotatable bonds is 4. The summed E-state index contributed by atoms with van der Waals surface area (Å²) in [5, 5.41) is 3.20. The van der Waals surface area contributed by atoms with Crippen LogP contribution in [0.15, 0.2) is 0 Å². The molecule has 4 heteroatoms. The molecule has 2 atom stereocenters. The van der Waals surface area contributed by atoms with Gasteiger partial charge in [0.2, 0.25) is 5.91 Å². The Morgan fingerprint density at radius 1 is 1.19 bits per heavy atom. The lowest BCUT2D eigenvalue weighted by molar-refractivity contribution is -0.128. The fourth-order valence-corrected chi connectivity index (χ4v) is 4.21. The van der Waals surface area contributed by atoms with Gasteiger partial charge in [-0.1, -0.05) is 39.0 Å². The lowest BCUT2D eigenvalue weighted by Gasteiger charge is -2.44. The minimum Gasteiger partial charge on any atom is -0.353 e. The number of hydrogen-bond donors (Lipinski definition) is 2. The van der Waals surface area contributed by atoms with Crippen LogP contribution in [-0.2, 0) is 4.79 Å². The van der Waals surface area contributed by atoms with Crippen LogP contribution in [0, 0.1) is 5.92 Å². The van der Waals surface area contributed by atoms with Gasteiger partial charge in [-0.15, -0.1) is 0 Å². The molecule has 0 aliphatic heterocycles. The van der Waals surface area contributed by atoms with Gasteiger partial charge in [0, 0.05) is 12.1 Å². The van der Waals surface area contributed by atoms with Crippen molar-refractivity contribution in [1.82, 2.24) is 10.2 Å². The van der Waals surface area contributed by atoms with Crippen LogP contribution < -0.4 is 11.1 Å². The fourth-order valence-electron chi connectivity index (χ4n) is 4.21. The molecule has 2 aliphatic rings. The second-order valence-electron chi connectivity index (χ2n) is 7.72. The largest absolute Gasteiger partial charge is 0.353 e. The molecule has 122 valence electrons. The number of carbonyl (C=O) groups excluding carboxylic acids is 1. The second-order valence-corrected chi connectivity index (χ2v) is 7.72. The number of nitrogens with one attached hydrogen (secondary N) is 1. The molecule has 2 saturated carbocycles. The van der Waals surface area contributed by atoms with E-state index in [4.69, 9.17) is 5.73 Å². The molecule has 0 aromatic carbocycles. The smallest absolute Gasteiger partial charge is 0.240 e. The lowest BCUT2D eigenvalue weighted by Crippen LogP contribution is -2.60. The quantitative estimate of drug-likeness (QED) is 0.836. The normalized spacial score (nSPS) is 32.9. The Hall–Kier alpha value is -0.610. The monoisotopic (exact) mass is 295 g/mol. The molecule has 21 heavy (non-hydrogen) atoms. The maximum atomic E-state index is 12.6. The van der Waals surface area contributed by atoms with E-state index in [1.54, 1.807) is 0 Å². The van der Waals surface area contributed by atoms with Crippen molar-refractivity contribution in [3.63, 3.8) is 0 Å². The average molecular weight is 295 g/mol. The summed E-state index contributed by atoms with van der Waals surface area (Å²) in [6.45, 7) is 2.95. The molecule has 2 aliphatic carbocycles. The van der Waals surface area contributed by atoms with E-state index in [1.807, 2.05) is 0 Å². The minimum absolute atomic E-state index is 0.0702. The maximum Gasteiger partial charge on any atom is 0.240 e. The fraction of sp³-hybridized carbons (Fsp3) is 0.941. The van der Waals surface area contributed by atoms with Crippen molar-refractivity contribution < 1.29 is 4.79 Å². The highest BCUT2D eigenvalue weighted by Gasteiger charge is 2.40. The number of likely N-dealkylation sites (N-methyl/N-ethyl adjacent to an activating group) is 1. The van der Waals surface area contributed by atoms with Gasteiger partial charge in [0.25, 0.3) is 0 Å². The van der Waals surface area contributed by atoms with Gasteiger partial charge in [-0.2, -0.15) is 0 Å². The van der Waals surface area contributed by atoms with E-state index < -0.39 is 5.54 Å². The van der Waals surface area contributed by atoms with E-state index in [0.29, 0.717) is 5.92 Å². The van der Waals surface area contributed by atoms with Crippen molar-refractivity contribution in [3.05, 3.63) is 0 Å². The molecule has 4 nitrogen and oxygen atoms in total. The molecule has 1 amide bonds. The van der Waals surface area contributed by atoms with Gasteiger partial charge in [0.15, 0.2) is 0 Å². The van der Waals surface area contributed by atoms with Crippen LogP contribution in [0.1, 0.15) is 64.7 Å². The van der Waals surface area contributed by atoms with Gasteiger partial charge in [-0.05, 0) is 45.7 Å². The van der Waals surface area contributed by atoms with E-state index >= 15 is 0 Å². The molecule has 0 saturated heterocycles. The van der Waals surface area contributed by atoms with Gasteiger partial charge in [0.05, 0.1) is 5.54 Å². The van der Waals surface area contributed by atoms with Crippen molar-refractivity contribution in [2.75, 3.05) is 20.6 Å². The third kappa shape index (κ3) is 3.78. The van der Waals surface area contributed by atoms with Crippen LogP contribution in [-0.4, -0.2) is 42.5 Å². The highest BCUT2D eigenvalue weighted by Crippen LogP contribution is 2.33. The third-order valence-corrected chi connectivity index (χ3v) is 5.80. The van der Waals surface area contributed by atoms with Crippen LogP contribution in [0.2, 0.25) is 0 Å². The van der Waals surface area contributed by atoms with Gasteiger partial charge >= 0.3 is 0 Å². The summed E-state index contributed by atoms with van der Waals surface area (Å²) in [6, 6.07) is 0. The van der Waals surface area contributed by atoms with Crippen molar-refractivity contribution in [1.29, 1.82) is 0 Å². The Balaban J connectivity index is 1.95. The second kappa shape index (κ2) is 6.66. The zero-order valence-electron chi connectivity index (χ0n) is 14.1. The van der Waals surface area contributed by atoms with E-state index in [1.165, 1.54) is 38.5 Å². The summed E-state index contributed by atoms with van der Waals surface area (Å²) in [5.74, 6) is 0.632.